The van der Waals surface area contributed by atoms with Crippen LogP contribution in [0.3, 0.4) is 0 Å². The number of carbonyl (C=O) groups excluding carboxylic acids is 1. The Kier molecular flexibility index (Phi) is 7.28. The monoisotopic (exact) mass is 419 g/mol. The smallest absolute Gasteiger partial charge is 0.486 e. The molecular weight excluding hydrogens is 395 g/mol. The standard InChI is InChI=1S/C16H23N3O3.C2HF3O2/c1-18(2)15(20)19-8-4-6-16(12-19)9-14(11-21-16)22-13-5-3-7-17-10-13;3-2(4,5)1(6)7/h3,5,7,10,14H,4,6,8-9,11-12H2,1-2H3;(H,6,7). The fourth-order valence-corrected chi connectivity index (χ4v) is 3.32. The number of hydrogen-bond acceptors (Lipinski definition) is 5. The number of carboxylic acids is 1. The maximum Gasteiger partial charge on any atom is 0.490 e. The molecule has 11 heteroatoms. The number of likely N-dealkylation sites (tertiary alicyclic amines) is 1. The molecule has 1 aromatic rings. The zero-order valence-electron chi connectivity index (χ0n) is 16.2. The molecule has 2 amide bonds. The molecule has 3 heterocycles. The van der Waals surface area contributed by atoms with Gasteiger partial charge in [0.15, 0.2) is 0 Å². The van der Waals surface area contributed by atoms with E-state index in [0.29, 0.717) is 13.2 Å². The SMILES string of the molecule is CN(C)C(=O)N1CCCC2(CC(Oc3cccnc3)CO2)C1.O=C(O)C(F)(F)F. The van der Waals surface area contributed by atoms with Crippen molar-refractivity contribution >= 4 is 12.0 Å². The van der Waals surface area contributed by atoms with E-state index in [-0.39, 0.29) is 17.7 Å². The van der Waals surface area contributed by atoms with Gasteiger partial charge in [0.25, 0.3) is 0 Å². The third kappa shape index (κ3) is 6.48. The number of alkyl halides is 3. The van der Waals surface area contributed by atoms with E-state index < -0.39 is 12.1 Å². The normalized spacial score (nSPS) is 23.9. The molecule has 162 valence electrons. The molecule has 0 bridgehead atoms. The molecule has 3 rings (SSSR count). The van der Waals surface area contributed by atoms with Gasteiger partial charge in [-0.3, -0.25) is 4.98 Å². The van der Waals surface area contributed by atoms with E-state index in [2.05, 4.69) is 4.98 Å². The van der Waals surface area contributed by atoms with Crippen molar-refractivity contribution in [1.82, 2.24) is 14.8 Å². The van der Waals surface area contributed by atoms with Crippen LogP contribution in [-0.4, -0.2) is 83.6 Å². The van der Waals surface area contributed by atoms with E-state index in [9.17, 15) is 18.0 Å². The number of aliphatic carboxylic acids is 1. The highest BCUT2D eigenvalue weighted by molar-refractivity contribution is 5.74. The molecule has 8 nitrogen and oxygen atoms in total. The number of aromatic nitrogens is 1. The van der Waals surface area contributed by atoms with Gasteiger partial charge in [-0.25, -0.2) is 9.59 Å². The van der Waals surface area contributed by atoms with Crippen molar-refractivity contribution < 1.29 is 37.3 Å². The van der Waals surface area contributed by atoms with Gasteiger partial charge in [0.05, 0.1) is 24.9 Å². The van der Waals surface area contributed by atoms with Crippen LogP contribution in [0.5, 0.6) is 5.75 Å². The number of carbonyl (C=O) groups is 2. The number of nitrogens with zero attached hydrogens (tertiary/aromatic N) is 3. The number of rotatable bonds is 2. The number of amides is 2. The minimum Gasteiger partial charge on any atom is -0.486 e. The van der Waals surface area contributed by atoms with Crippen LogP contribution in [0.4, 0.5) is 18.0 Å². The maximum atomic E-state index is 12.2. The lowest BCUT2D eigenvalue weighted by atomic mass is 9.89. The zero-order chi connectivity index (χ0) is 21.7. The second kappa shape index (κ2) is 9.29. The van der Waals surface area contributed by atoms with E-state index in [1.165, 1.54) is 0 Å². The summed E-state index contributed by atoms with van der Waals surface area (Å²) in [4.78, 5) is 28.6. The first kappa shape index (κ1) is 22.7. The van der Waals surface area contributed by atoms with Crippen LogP contribution >= 0.6 is 0 Å². The van der Waals surface area contributed by atoms with Crippen molar-refractivity contribution in [3.8, 4) is 5.75 Å². The number of hydrogen-bond donors (Lipinski definition) is 1. The molecule has 2 saturated heterocycles. The largest absolute Gasteiger partial charge is 0.490 e. The van der Waals surface area contributed by atoms with Crippen molar-refractivity contribution in [1.29, 1.82) is 0 Å². The molecule has 2 fully saturated rings. The third-order valence-corrected chi connectivity index (χ3v) is 4.55. The van der Waals surface area contributed by atoms with Crippen molar-refractivity contribution in [2.45, 2.75) is 37.1 Å². The minimum absolute atomic E-state index is 0.0265. The summed E-state index contributed by atoms with van der Waals surface area (Å²) in [5, 5.41) is 7.12. The predicted octanol–water partition coefficient (Wildman–Crippen LogP) is 2.40. The number of halogens is 3. The molecule has 0 radical (unpaired) electrons. The molecule has 2 aliphatic rings. The second-order valence-electron chi connectivity index (χ2n) is 7.13. The van der Waals surface area contributed by atoms with Crippen molar-refractivity contribution in [3.05, 3.63) is 24.5 Å². The van der Waals surface area contributed by atoms with E-state index in [1.54, 1.807) is 31.4 Å². The molecule has 2 unspecified atom stereocenters. The highest BCUT2D eigenvalue weighted by Crippen LogP contribution is 2.36. The average Bonchev–Trinajstić information content (AvgIpc) is 3.03. The number of pyridine rings is 1. The highest BCUT2D eigenvalue weighted by Gasteiger charge is 2.45. The van der Waals surface area contributed by atoms with Crippen LogP contribution in [0.2, 0.25) is 0 Å². The number of ether oxygens (including phenoxy) is 2. The van der Waals surface area contributed by atoms with Crippen molar-refractivity contribution in [2.24, 2.45) is 0 Å². The van der Waals surface area contributed by atoms with E-state index >= 15 is 0 Å². The highest BCUT2D eigenvalue weighted by atomic mass is 19.4. The lowest BCUT2D eigenvalue weighted by molar-refractivity contribution is -0.192. The van der Waals surface area contributed by atoms with Gasteiger partial charge in [-0.1, -0.05) is 0 Å². The number of carboxylic acid groups (broad SMARTS) is 1. The topological polar surface area (TPSA) is 92.2 Å². The average molecular weight is 419 g/mol. The first-order valence-corrected chi connectivity index (χ1v) is 8.99. The van der Waals surface area contributed by atoms with E-state index in [4.69, 9.17) is 19.4 Å². The molecule has 1 N–H and O–H groups in total. The Morgan fingerprint density at radius 3 is 2.66 bits per heavy atom. The van der Waals surface area contributed by atoms with Crippen LogP contribution in [0, 0.1) is 0 Å². The summed E-state index contributed by atoms with van der Waals surface area (Å²) in [5.74, 6) is -1.99. The van der Waals surface area contributed by atoms with E-state index in [1.807, 2.05) is 17.0 Å². The van der Waals surface area contributed by atoms with Gasteiger partial charge in [0.1, 0.15) is 11.9 Å². The van der Waals surface area contributed by atoms with Gasteiger partial charge in [-0.2, -0.15) is 13.2 Å². The summed E-state index contributed by atoms with van der Waals surface area (Å²) in [6.07, 6.45) is 1.16. The summed E-state index contributed by atoms with van der Waals surface area (Å²) in [6, 6.07) is 3.82. The summed E-state index contributed by atoms with van der Waals surface area (Å²) in [6.45, 7) is 2.02. The lowest BCUT2D eigenvalue weighted by Crippen LogP contribution is -2.52. The molecule has 1 spiro atoms. The second-order valence-corrected chi connectivity index (χ2v) is 7.13. The van der Waals surface area contributed by atoms with Gasteiger partial charge < -0.3 is 24.4 Å². The first-order valence-electron chi connectivity index (χ1n) is 8.99. The van der Waals surface area contributed by atoms with Gasteiger partial charge in [0.2, 0.25) is 0 Å². The fourth-order valence-electron chi connectivity index (χ4n) is 3.32. The van der Waals surface area contributed by atoms with Gasteiger partial charge in [-0.05, 0) is 25.0 Å². The van der Waals surface area contributed by atoms with Gasteiger partial charge in [-0.15, -0.1) is 0 Å². The van der Waals surface area contributed by atoms with E-state index in [0.717, 1.165) is 31.6 Å². The van der Waals surface area contributed by atoms with Crippen molar-refractivity contribution in [3.63, 3.8) is 0 Å². The van der Waals surface area contributed by atoms with Gasteiger partial charge >= 0.3 is 18.2 Å². The molecule has 0 aliphatic carbocycles. The lowest BCUT2D eigenvalue weighted by Gasteiger charge is -2.40. The van der Waals surface area contributed by atoms with Crippen LogP contribution in [-0.2, 0) is 9.53 Å². The maximum absolute atomic E-state index is 12.2. The Bertz CT molecular complexity index is 702. The Labute approximate surface area is 166 Å². The molecule has 0 saturated carbocycles. The predicted molar refractivity (Wildman–Crippen MR) is 95.5 cm³/mol. The Morgan fingerprint density at radius 1 is 1.41 bits per heavy atom. The molecule has 0 aromatic carbocycles. The van der Waals surface area contributed by atoms with Crippen LogP contribution in [0.25, 0.3) is 0 Å². The van der Waals surface area contributed by atoms with Crippen LogP contribution < -0.4 is 4.74 Å². The summed E-state index contributed by atoms with van der Waals surface area (Å²) >= 11 is 0. The molecule has 2 atom stereocenters. The van der Waals surface area contributed by atoms with Crippen LogP contribution in [0.15, 0.2) is 24.5 Å². The van der Waals surface area contributed by atoms with Crippen molar-refractivity contribution in [2.75, 3.05) is 33.8 Å². The summed E-state index contributed by atoms with van der Waals surface area (Å²) < 4.78 is 43.7. The molecular formula is C18H24F3N3O5. The molecule has 1 aromatic heterocycles. The zero-order valence-corrected chi connectivity index (χ0v) is 16.2. The quantitative estimate of drug-likeness (QED) is 0.792. The summed E-state index contributed by atoms with van der Waals surface area (Å²) in [5.41, 5.74) is -0.253. The van der Waals surface area contributed by atoms with Crippen LogP contribution in [0.1, 0.15) is 19.3 Å². The summed E-state index contributed by atoms with van der Waals surface area (Å²) in [7, 11) is 3.57. The minimum atomic E-state index is -5.08. The number of piperidine rings is 1. The van der Waals surface area contributed by atoms with Gasteiger partial charge in [0, 0.05) is 33.3 Å². The number of urea groups is 1. The fraction of sp³-hybridized carbons (Fsp3) is 0.611. The Morgan fingerprint density at radius 2 is 2.10 bits per heavy atom. The molecule has 2 aliphatic heterocycles. The Hall–Kier alpha value is -2.56. The first-order chi connectivity index (χ1) is 13.5. The molecule has 29 heavy (non-hydrogen) atoms. The Balaban J connectivity index is 0.000000370. The third-order valence-electron chi connectivity index (χ3n) is 4.55.